The molecule has 0 unspecified atom stereocenters. The molecule has 77 heavy (non-hydrogen) atoms. The van der Waals surface area contributed by atoms with Crippen LogP contribution in [0.25, 0.3) is 0 Å². The van der Waals surface area contributed by atoms with Crippen molar-refractivity contribution in [1.29, 1.82) is 10.8 Å². The number of rotatable bonds is 16. The second kappa shape index (κ2) is 34.6. The van der Waals surface area contributed by atoms with Gasteiger partial charge in [0.25, 0.3) is 0 Å². The Bertz CT molecular complexity index is 2700. The third-order valence-electron chi connectivity index (χ3n) is 11.0. The van der Waals surface area contributed by atoms with Crippen molar-refractivity contribution in [2.75, 3.05) is 46.3 Å². The summed E-state index contributed by atoms with van der Waals surface area (Å²) in [5.41, 5.74) is 22.0. The van der Waals surface area contributed by atoms with Crippen LogP contribution in [-0.4, -0.2) is 76.8 Å². The van der Waals surface area contributed by atoms with E-state index in [4.69, 9.17) is 28.0 Å². The van der Waals surface area contributed by atoms with Crippen LogP contribution >= 0.6 is 81.0 Å². The van der Waals surface area contributed by atoms with E-state index < -0.39 is 23.5 Å². The minimum absolute atomic E-state index is 0. The third kappa shape index (κ3) is 25.6. The topological polar surface area (TPSA) is 181 Å². The van der Waals surface area contributed by atoms with Crippen molar-refractivity contribution in [3.05, 3.63) is 176 Å². The molecule has 2 aliphatic rings. The molecule has 0 aliphatic carbocycles. The fraction of sp³-hybridized carbons (Fsp3) is 0.346. The lowest BCUT2D eigenvalue weighted by Gasteiger charge is -2.27. The molecule has 5 aromatic carbocycles. The van der Waals surface area contributed by atoms with Gasteiger partial charge in [0.15, 0.2) is 20.7 Å². The summed E-state index contributed by atoms with van der Waals surface area (Å²) in [6, 6.07) is 28.3. The molecule has 25 heteroatoms. The highest BCUT2D eigenvalue weighted by molar-refractivity contribution is 8.93. The Balaban J connectivity index is 0.000000554. The lowest BCUT2D eigenvalue weighted by atomic mass is 10.1. The number of aliphatic imine (C=N–C) groups is 2. The molecular weight excluding hydrogens is 1220 g/mol. The molecule has 422 valence electrons. The number of hydrogen-bond donors (Lipinski definition) is 7. The lowest BCUT2D eigenvalue weighted by molar-refractivity contribution is -0.138. The molecule has 0 saturated carbocycles. The van der Waals surface area contributed by atoms with E-state index in [0.717, 1.165) is 64.3 Å². The first-order valence-electron chi connectivity index (χ1n) is 23.1. The van der Waals surface area contributed by atoms with E-state index >= 15 is 0 Å². The normalized spacial score (nSPS) is 13.5. The van der Waals surface area contributed by atoms with Crippen LogP contribution in [0.1, 0.15) is 63.1 Å². The summed E-state index contributed by atoms with van der Waals surface area (Å²) >= 11 is 5.28. The summed E-state index contributed by atoms with van der Waals surface area (Å²) in [6.45, 7) is 5.78. The first-order chi connectivity index (χ1) is 35.2. The summed E-state index contributed by atoms with van der Waals surface area (Å²) in [5.74, 6) is 1.37. The molecule has 0 atom stereocenters. The highest BCUT2D eigenvalue weighted by atomic mass is 79.9. The molecule has 2 heterocycles. The van der Waals surface area contributed by atoms with Crippen LogP contribution < -0.4 is 27.8 Å². The van der Waals surface area contributed by atoms with E-state index in [9.17, 15) is 35.1 Å². The number of nitrogens with zero attached hydrogens (tertiary/aromatic N) is 4. The molecule has 2 aliphatic heterocycles. The smallest absolute Gasteiger partial charge is 0.379 e. The van der Waals surface area contributed by atoms with Gasteiger partial charge in [-0.2, -0.15) is 26.3 Å². The van der Waals surface area contributed by atoms with E-state index in [0.29, 0.717) is 91.9 Å². The number of halogens is 10. The number of nitrogens with two attached hydrogens (primary N) is 3. The third-order valence-corrected chi connectivity index (χ3v) is 14.6. The molecule has 7 rings (SSSR count). The van der Waals surface area contributed by atoms with Crippen molar-refractivity contribution in [2.24, 2.45) is 27.2 Å². The molecule has 0 radical (unpaired) electrons. The first kappa shape index (κ1) is 68.8. The number of amidine groups is 4. The number of benzene rings is 5. The van der Waals surface area contributed by atoms with Gasteiger partial charge < -0.3 is 27.8 Å². The summed E-state index contributed by atoms with van der Waals surface area (Å²) in [6.07, 6.45) is -6.81. The van der Waals surface area contributed by atoms with E-state index in [-0.39, 0.29) is 63.4 Å². The molecule has 0 bridgehead atoms. The van der Waals surface area contributed by atoms with E-state index in [2.05, 4.69) is 51.8 Å². The summed E-state index contributed by atoms with van der Waals surface area (Å²) in [4.78, 5) is 13.1. The Morgan fingerprint density at radius 3 is 1.38 bits per heavy atom. The van der Waals surface area contributed by atoms with E-state index in [1.165, 1.54) is 94.9 Å². The maximum Gasteiger partial charge on any atom is 0.416 e. The zero-order chi connectivity index (χ0) is 53.7. The number of alkyl halides is 6. The van der Waals surface area contributed by atoms with Gasteiger partial charge in [-0.1, -0.05) is 133 Å². The maximum absolute atomic E-state index is 14.2. The zero-order valence-corrected chi connectivity index (χ0v) is 48.0. The van der Waals surface area contributed by atoms with Gasteiger partial charge in [0.2, 0.25) is 0 Å². The zero-order valence-electron chi connectivity index (χ0n) is 41.3. The first-order valence-corrected chi connectivity index (χ1v) is 27.0. The minimum Gasteiger partial charge on any atom is -0.379 e. The van der Waals surface area contributed by atoms with Gasteiger partial charge in [0, 0.05) is 36.1 Å². The van der Waals surface area contributed by atoms with Crippen molar-refractivity contribution in [1.82, 2.24) is 20.4 Å². The Labute approximate surface area is 483 Å². The average molecular weight is 1280 g/mol. The van der Waals surface area contributed by atoms with Crippen molar-refractivity contribution in [3.8, 4) is 0 Å². The Morgan fingerprint density at radius 2 is 0.974 bits per heavy atom. The molecule has 0 spiro atoms. The number of thioether (sulfide) groups is 4. The Kier molecular flexibility index (Phi) is 30.9. The van der Waals surface area contributed by atoms with Crippen LogP contribution in [-0.2, 0) is 54.6 Å². The van der Waals surface area contributed by atoms with Gasteiger partial charge in [0.05, 0.1) is 37.8 Å². The SMILES string of the molecule is Br.Br.C.Cc1cccc(CCN)c1.Fc1ccc(CSC2=NCN(CCc3cccc(C(F)(F)F)c3)CN2)c(CSC2=NCN(CCc3cccc(C(F)(F)F)c3)CN2)c1.N=C(N)SCc1ccc(F)cc1CSC(=N)N. The van der Waals surface area contributed by atoms with Crippen LogP contribution in [0, 0.1) is 29.4 Å². The van der Waals surface area contributed by atoms with E-state index in [1.54, 1.807) is 24.3 Å². The highest BCUT2D eigenvalue weighted by Gasteiger charge is 2.31. The number of aryl methyl sites for hydroxylation is 1. The van der Waals surface area contributed by atoms with Gasteiger partial charge in [-0.3, -0.25) is 20.6 Å². The van der Waals surface area contributed by atoms with Crippen molar-refractivity contribution >= 4 is 102 Å². The van der Waals surface area contributed by atoms with Crippen LogP contribution in [0.4, 0.5) is 35.1 Å². The van der Waals surface area contributed by atoms with Gasteiger partial charge in [-0.25, -0.2) is 18.8 Å². The van der Waals surface area contributed by atoms with Gasteiger partial charge in [0.1, 0.15) is 11.6 Å². The second-order valence-electron chi connectivity index (χ2n) is 16.8. The minimum atomic E-state index is -4.37. The van der Waals surface area contributed by atoms with Gasteiger partial charge in [-0.15, -0.1) is 34.0 Å². The maximum atomic E-state index is 14.2. The molecule has 0 saturated heterocycles. The van der Waals surface area contributed by atoms with Crippen LogP contribution in [0.15, 0.2) is 119 Å². The van der Waals surface area contributed by atoms with Crippen molar-refractivity contribution in [3.63, 3.8) is 0 Å². The summed E-state index contributed by atoms with van der Waals surface area (Å²) in [5, 5.41) is 22.2. The quantitative estimate of drug-likeness (QED) is 0.0284. The molecule has 11 nitrogen and oxygen atoms in total. The van der Waals surface area contributed by atoms with Crippen molar-refractivity contribution < 1.29 is 35.1 Å². The van der Waals surface area contributed by atoms with Crippen LogP contribution in [0.3, 0.4) is 0 Å². The average Bonchev–Trinajstić information content (AvgIpc) is 3.36. The monoisotopic (exact) mass is 1280 g/mol. The van der Waals surface area contributed by atoms with Crippen LogP contribution in [0.5, 0.6) is 0 Å². The molecule has 5 aromatic rings. The van der Waals surface area contributed by atoms with Crippen molar-refractivity contribution in [2.45, 2.75) is 69.0 Å². The standard InChI is InChI=1S/C32H33F7N6S2.C10H13FN4S2.C9H13N.CH4.2BrH/c33-28-8-7-24(16-46-29-40-18-44(19-41-29)11-9-22-3-1-5-26(13-22)31(34,35)36)25(15-28)17-47-30-42-20-45(21-43-30)12-10-23-4-2-6-27(14-23)32(37,38)39;11-8-2-1-6(4-16-9(12)13)7(3-8)5-17-10(14)15;1-8-3-2-4-9(7-8)5-6-10;;;/h1-8,13-15H,9-12,16-21H2,(H,40,41)(H,42,43);1-3H,4-5H2,(H3,12,13)(H3,14,15);2-4,7H,5-6,10H2,1H3;1H4;2*1H. The van der Waals surface area contributed by atoms with Gasteiger partial charge >= 0.3 is 12.4 Å². The molecule has 10 N–H and O–H groups in total. The highest BCUT2D eigenvalue weighted by Crippen LogP contribution is 2.31. The summed E-state index contributed by atoms with van der Waals surface area (Å²) in [7, 11) is 0. The predicted octanol–water partition coefficient (Wildman–Crippen LogP) is 12.5. The molecule has 0 amide bonds. The Morgan fingerprint density at radius 1 is 0.571 bits per heavy atom. The van der Waals surface area contributed by atoms with Crippen LogP contribution in [0.2, 0.25) is 0 Å². The number of nitrogens with one attached hydrogen (secondary N) is 4. The molecule has 0 fully saturated rings. The summed E-state index contributed by atoms with van der Waals surface area (Å²) < 4.78 is 105. The fourth-order valence-electron chi connectivity index (χ4n) is 7.15. The Hall–Kier alpha value is -4.34. The second-order valence-corrected chi connectivity index (χ2v) is 20.8. The van der Waals surface area contributed by atoms with Gasteiger partial charge in [-0.05, 0) is 108 Å². The van der Waals surface area contributed by atoms with E-state index in [1.807, 2.05) is 9.80 Å². The number of hydrogen-bond acceptors (Lipinski definition) is 13. The largest absolute Gasteiger partial charge is 0.416 e. The molecular formula is C52H65Br2F8N11S4. The lowest BCUT2D eigenvalue weighted by Crippen LogP contribution is -2.42. The fourth-order valence-corrected chi connectivity index (χ4v) is 10.1. The predicted molar refractivity (Wildman–Crippen MR) is 317 cm³/mol. The molecule has 0 aromatic heterocycles.